The topological polar surface area (TPSA) is 32.3 Å². The van der Waals surface area contributed by atoms with Gasteiger partial charge >= 0.3 is 0 Å². The molecule has 0 saturated carbocycles. The molecule has 0 bridgehead atoms. The molecule has 0 fully saturated rings. The van der Waals surface area contributed by atoms with E-state index in [4.69, 9.17) is 5.11 Å². The van der Waals surface area contributed by atoms with Gasteiger partial charge < -0.3 is 10.4 Å². The Bertz CT molecular complexity index is 109. The summed E-state index contributed by atoms with van der Waals surface area (Å²) in [5.74, 6) is 0. The minimum atomic E-state index is 0.133. The zero-order valence-corrected chi connectivity index (χ0v) is 9.84. The lowest BCUT2D eigenvalue weighted by atomic mass is 9.87. The van der Waals surface area contributed by atoms with Gasteiger partial charge in [-0.25, -0.2) is 0 Å². The van der Waals surface area contributed by atoms with Crippen molar-refractivity contribution in [2.24, 2.45) is 5.41 Å². The Balaban J connectivity index is 3.96. The summed E-state index contributed by atoms with van der Waals surface area (Å²) in [5, 5.41) is 12.4. The van der Waals surface area contributed by atoms with Crippen molar-refractivity contribution in [3.63, 3.8) is 0 Å². The largest absolute Gasteiger partial charge is 0.395 e. The first kappa shape index (κ1) is 11.6. The van der Waals surface area contributed by atoms with Gasteiger partial charge in [0.15, 0.2) is 0 Å². The Morgan fingerprint density at radius 3 is 2.00 bits per heavy atom. The number of aliphatic hydroxyl groups excluding tert-OH is 1. The average Bonchev–Trinajstić information content (AvgIpc) is 1.79. The first-order chi connectivity index (χ1) is 4.88. The second kappa shape index (κ2) is 4.62. The van der Waals surface area contributed by atoms with E-state index >= 15 is 0 Å². The summed E-state index contributed by atoms with van der Waals surface area (Å²) in [6, 6.07) is 0.189. The molecule has 2 atom stereocenters. The van der Waals surface area contributed by atoms with Crippen molar-refractivity contribution in [1.29, 1.82) is 0 Å². The predicted molar refractivity (Wildman–Crippen MR) is 56.9 cm³/mol. The average molecular weight is 271 g/mol. The third kappa shape index (κ3) is 4.98. The minimum Gasteiger partial charge on any atom is -0.395 e. The second-order valence-electron chi connectivity index (χ2n) is 3.88. The molecule has 0 rings (SSSR count). The van der Waals surface area contributed by atoms with Crippen molar-refractivity contribution >= 4 is 22.6 Å². The van der Waals surface area contributed by atoms with Crippen LogP contribution >= 0.6 is 22.6 Å². The Hall–Kier alpha value is 0.650. The van der Waals surface area contributed by atoms with Crippen LogP contribution in [-0.2, 0) is 0 Å². The standard InChI is InChI=1S/C8H18INO/c1-6(9)10-7(5-11)8(2,3)4/h6-7,10-11H,5H2,1-4H3. The van der Waals surface area contributed by atoms with Gasteiger partial charge in [0.1, 0.15) is 0 Å². The zero-order valence-electron chi connectivity index (χ0n) is 7.69. The van der Waals surface area contributed by atoms with Crippen molar-refractivity contribution in [2.75, 3.05) is 6.61 Å². The molecule has 0 radical (unpaired) electrons. The number of halogens is 1. The molecular weight excluding hydrogens is 253 g/mol. The molecule has 0 aliphatic carbocycles. The van der Waals surface area contributed by atoms with Gasteiger partial charge in [-0.15, -0.1) is 0 Å². The van der Waals surface area contributed by atoms with Crippen LogP contribution in [0, 0.1) is 5.41 Å². The first-order valence-corrected chi connectivity index (χ1v) is 5.13. The Kier molecular flexibility index (Phi) is 4.89. The summed E-state index contributed by atoms with van der Waals surface area (Å²) in [6.45, 7) is 8.66. The van der Waals surface area contributed by atoms with Crippen LogP contribution in [0.25, 0.3) is 0 Å². The molecule has 2 unspecified atom stereocenters. The summed E-state index contributed by atoms with van der Waals surface area (Å²) >= 11 is 2.30. The first-order valence-electron chi connectivity index (χ1n) is 3.89. The number of hydrogen-bond donors (Lipinski definition) is 2. The van der Waals surface area contributed by atoms with E-state index in [-0.39, 0.29) is 18.1 Å². The van der Waals surface area contributed by atoms with Gasteiger partial charge in [-0.05, 0) is 12.3 Å². The second-order valence-corrected chi connectivity index (χ2v) is 5.75. The van der Waals surface area contributed by atoms with Crippen LogP contribution in [0.1, 0.15) is 27.7 Å². The van der Waals surface area contributed by atoms with E-state index in [0.717, 1.165) is 0 Å². The molecule has 0 spiro atoms. The SMILES string of the molecule is CC(I)NC(CO)C(C)(C)C. The molecule has 0 aliphatic rings. The van der Waals surface area contributed by atoms with E-state index in [9.17, 15) is 0 Å². The minimum absolute atomic E-state index is 0.133. The molecule has 11 heavy (non-hydrogen) atoms. The van der Waals surface area contributed by atoms with Crippen molar-refractivity contribution in [3.8, 4) is 0 Å². The lowest BCUT2D eigenvalue weighted by molar-refractivity contribution is 0.159. The fraction of sp³-hybridized carbons (Fsp3) is 1.00. The Morgan fingerprint density at radius 1 is 1.45 bits per heavy atom. The highest BCUT2D eigenvalue weighted by atomic mass is 127. The predicted octanol–water partition coefficient (Wildman–Crippen LogP) is 1.76. The fourth-order valence-corrected chi connectivity index (χ4v) is 1.29. The van der Waals surface area contributed by atoms with Crippen LogP contribution in [0.5, 0.6) is 0 Å². The lowest BCUT2D eigenvalue weighted by Crippen LogP contribution is -2.45. The van der Waals surface area contributed by atoms with E-state index in [1.807, 2.05) is 0 Å². The van der Waals surface area contributed by atoms with E-state index in [2.05, 4.69) is 55.6 Å². The van der Waals surface area contributed by atoms with Gasteiger partial charge in [0.2, 0.25) is 0 Å². The van der Waals surface area contributed by atoms with Gasteiger partial charge in [-0.2, -0.15) is 0 Å². The monoisotopic (exact) mass is 271 g/mol. The molecule has 2 N–H and O–H groups in total. The molecule has 3 heteroatoms. The molecule has 2 nitrogen and oxygen atoms in total. The van der Waals surface area contributed by atoms with Crippen LogP contribution in [0.15, 0.2) is 0 Å². The van der Waals surface area contributed by atoms with Crippen LogP contribution in [-0.4, -0.2) is 21.8 Å². The van der Waals surface area contributed by atoms with Crippen LogP contribution in [0.4, 0.5) is 0 Å². The van der Waals surface area contributed by atoms with Crippen molar-refractivity contribution in [3.05, 3.63) is 0 Å². The van der Waals surface area contributed by atoms with Crippen molar-refractivity contribution < 1.29 is 5.11 Å². The quantitative estimate of drug-likeness (QED) is 0.466. The third-order valence-electron chi connectivity index (χ3n) is 1.66. The van der Waals surface area contributed by atoms with Crippen LogP contribution < -0.4 is 5.32 Å². The number of aliphatic hydroxyl groups is 1. The number of rotatable bonds is 3. The normalized spacial score (nSPS) is 18.0. The van der Waals surface area contributed by atoms with Crippen molar-refractivity contribution in [1.82, 2.24) is 5.32 Å². The van der Waals surface area contributed by atoms with Gasteiger partial charge in [0, 0.05) is 6.04 Å². The van der Waals surface area contributed by atoms with E-state index < -0.39 is 0 Å². The summed E-state index contributed by atoms with van der Waals surface area (Å²) < 4.78 is 0.406. The maximum Gasteiger partial charge on any atom is 0.0590 e. The molecule has 0 saturated heterocycles. The summed E-state index contributed by atoms with van der Waals surface area (Å²) in [6.07, 6.45) is 0. The highest BCUT2D eigenvalue weighted by Crippen LogP contribution is 2.19. The van der Waals surface area contributed by atoms with Crippen LogP contribution in [0.2, 0.25) is 0 Å². The summed E-state index contributed by atoms with van der Waals surface area (Å²) in [7, 11) is 0. The van der Waals surface area contributed by atoms with E-state index in [1.54, 1.807) is 0 Å². The smallest absolute Gasteiger partial charge is 0.0590 e. The third-order valence-corrected chi connectivity index (χ3v) is 2.02. The van der Waals surface area contributed by atoms with E-state index in [1.165, 1.54) is 0 Å². The molecule has 0 aromatic rings. The maximum absolute atomic E-state index is 9.04. The molecule has 0 amide bonds. The number of nitrogens with one attached hydrogen (secondary N) is 1. The Labute approximate surface area is 82.9 Å². The fourth-order valence-electron chi connectivity index (χ4n) is 0.854. The molecule has 0 heterocycles. The van der Waals surface area contributed by atoms with Gasteiger partial charge in [0.25, 0.3) is 0 Å². The van der Waals surface area contributed by atoms with Gasteiger partial charge in [0.05, 0.1) is 10.7 Å². The molecule has 0 aliphatic heterocycles. The highest BCUT2D eigenvalue weighted by molar-refractivity contribution is 14.1. The van der Waals surface area contributed by atoms with Crippen molar-refractivity contribution in [2.45, 2.75) is 37.8 Å². The number of hydrogen-bond acceptors (Lipinski definition) is 2. The molecule has 0 aromatic carbocycles. The van der Waals surface area contributed by atoms with Gasteiger partial charge in [-0.3, -0.25) is 0 Å². The number of alkyl halides is 1. The van der Waals surface area contributed by atoms with Crippen LogP contribution in [0.3, 0.4) is 0 Å². The molecule has 0 aromatic heterocycles. The molecule has 68 valence electrons. The van der Waals surface area contributed by atoms with E-state index in [0.29, 0.717) is 4.05 Å². The Morgan fingerprint density at radius 2 is 1.91 bits per heavy atom. The van der Waals surface area contributed by atoms with Gasteiger partial charge in [-0.1, -0.05) is 43.4 Å². The maximum atomic E-state index is 9.04. The highest BCUT2D eigenvalue weighted by Gasteiger charge is 2.23. The summed E-state index contributed by atoms with van der Waals surface area (Å²) in [4.78, 5) is 0. The molecular formula is C8H18INO. The zero-order chi connectivity index (χ0) is 9.07. The lowest BCUT2D eigenvalue weighted by Gasteiger charge is -2.31. The summed E-state index contributed by atoms with van der Waals surface area (Å²) in [5.41, 5.74) is 0.133.